The van der Waals surface area contributed by atoms with E-state index in [1.54, 1.807) is 0 Å². The van der Waals surface area contributed by atoms with Crippen molar-refractivity contribution >= 4 is 33.6 Å². The number of carbonyl (C=O) groups excluding carboxylic acids is 1. The molecule has 0 aliphatic carbocycles. The summed E-state index contributed by atoms with van der Waals surface area (Å²) in [5.74, 6) is 2.93. The van der Waals surface area contributed by atoms with Crippen LogP contribution in [0.3, 0.4) is 0 Å². The summed E-state index contributed by atoms with van der Waals surface area (Å²) in [6, 6.07) is 0. The summed E-state index contributed by atoms with van der Waals surface area (Å²) in [5, 5.41) is 0. The Balaban J connectivity index is 1.89. The second-order valence-corrected chi connectivity index (χ2v) is 6.53. The average molecular weight is 278 g/mol. The van der Waals surface area contributed by atoms with E-state index in [1.165, 1.54) is 12.2 Å². The van der Waals surface area contributed by atoms with Crippen LogP contribution in [0, 0.1) is 5.92 Å². The van der Waals surface area contributed by atoms with Gasteiger partial charge in [0.2, 0.25) is 5.91 Å². The van der Waals surface area contributed by atoms with Crippen LogP contribution in [0.1, 0.15) is 19.3 Å². The molecular formula is C10H16BrNOS. The molecule has 0 aromatic rings. The van der Waals surface area contributed by atoms with Crippen LogP contribution in [0.25, 0.3) is 0 Å². The maximum absolute atomic E-state index is 12.0. The minimum Gasteiger partial charge on any atom is -0.341 e. The van der Waals surface area contributed by atoms with E-state index in [2.05, 4.69) is 20.8 Å². The van der Waals surface area contributed by atoms with Crippen LogP contribution in [-0.2, 0) is 4.79 Å². The van der Waals surface area contributed by atoms with Gasteiger partial charge < -0.3 is 4.90 Å². The highest BCUT2D eigenvalue weighted by molar-refractivity contribution is 9.09. The highest BCUT2D eigenvalue weighted by Gasteiger charge is 2.30. The first kappa shape index (κ1) is 10.8. The number of nitrogens with zero attached hydrogens (tertiary/aromatic N) is 1. The Bertz CT molecular complexity index is 218. The maximum atomic E-state index is 12.0. The molecule has 2 saturated heterocycles. The zero-order valence-corrected chi connectivity index (χ0v) is 10.6. The molecule has 2 atom stereocenters. The monoisotopic (exact) mass is 277 g/mol. The molecule has 2 rings (SSSR count). The molecule has 0 aromatic carbocycles. The highest BCUT2D eigenvalue weighted by atomic mass is 79.9. The molecule has 2 aliphatic heterocycles. The fourth-order valence-corrected chi connectivity index (χ4v) is 4.00. The number of rotatable bonds is 1. The van der Waals surface area contributed by atoms with Crippen molar-refractivity contribution in [3.8, 4) is 0 Å². The van der Waals surface area contributed by atoms with E-state index >= 15 is 0 Å². The molecule has 0 aromatic heterocycles. The van der Waals surface area contributed by atoms with Crippen LogP contribution in [0.5, 0.6) is 0 Å². The number of amides is 1. The van der Waals surface area contributed by atoms with Gasteiger partial charge in [-0.05, 0) is 25.0 Å². The fraction of sp³-hybridized carbons (Fsp3) is 0.900. The lowest BCUT2D eigenvalue weighted by Gasteiger charge is -2.31. The van der Waals surface area contributed by atoms with Gasteiger partial charge in [0.1, 0.15) is 0 Å². The lowest BCUT2D eigenvalue weighted by atomic mass is 10.0. The molecule has 0 radical (unpaired) electrons. The predicted molar refractivity (Wildman–Crippen MR) is 64.0 cm³/mol. The molecule has 0 bridgehead atoms. The zero-order chi connectivity index (χ0) is 9.97. The summed E-state index contributed by atoms with van der Waals surface area (Å²) in [4.78, 5) is 14.6. The quantitative estimate of drug-likeness (QED) is 0.685. The van der Waals surface area contributed by atoms with Gasteiger partial charge in [0.15, 0.2) is 0 Å². The number of halogens is 1. The number of hydrogen-bond acceptors (Lipinski definition) is 2. The third-order valence-corrected chi connectivity index (χ3v) is 4.86. The van der Waals surface area contributed by atoms with Crippen molar-refractivity contribution in [2.24, 2.45) is 5.92 Å². The largest absolute Gasteiger partial charge is 0.341 e. The maximum Gasteiger partial charge on any atom is 0.226 e. The van der Waals surface area contributed by atoms with Crippen LogP contribution in [0.4, 0.5) is 0 Å². The summed E-state index contributed by atoms with van der Waals surface area (Å²) in [6.45, 7) is 1.89. The number of alkyl halides is 1. The first-order valence-corrected chi connectivity index (χ1v) is 7.35. The van der Waals surface area contributed by atoms with E-state index in [9.17, 15) is 4.79 Å². The molecule has 2 unspecified atom stereocenters. The molecular weight excluding hydrogens is 262 g/mol. The summed E-state index contributed by atoms with van der Waals surface area (Å²) >= 11 is 5.52. The van der Waals surface area contributed by atoms with Crippen LogP contribution >= 0.6 is 27.7 Å². The van der Waals surface area contributed by atoms with E-state index in [0.717, 1.165) is 31.7 Å². The summed E-state index contributed by atoms with van der Waals surface area (Å²) in [5.41, 5.74) is 0. The Morgan fingerprint density at radius 1 is 1.43 bits per heavy atom. The van der Waals surface area contributed by atoms with Gasteiger partial charge in [0.25, 0.3) is 0 Å². The summed E-state index contributed by atoms with van der Waals surface area (Å²) in [6.07, 6.45) is 3.46. The summed E-state index contributed by atoms with van der Waals surface area (Å²) in [7, 11) is 0. The van der Waals surface area contributed by atoms with Crippen molar-refractivity contribution in [3.05, 3.63) is 0 Å². The van der Waals surface area contributed by atoms with Crippen LogP contribution in [-0.4, -0.2) is 40.2 Å². The van der Waals surface area contributed by atoms with E-state index in [-0.39, 0.29) is 0 Å². The Kier molecular flexibility index (Phi) is 3.77. The molecule has 2 nitrogen and oxygen atoms in total. The first-order valence-electron chi connectivity index (χ1n) is 5.28. The first-order chi connectivity index (χ1) is 6.77. The van der Waals surface area contributed by atoms with E-state index < -0.39 is 0 Å². The predicted octanol–water partition coefficient (Wildman–Crippen LogP) is 2.13. The Hall–Kier alpha value is 0.300. The lowest BCUT2D eigenvalue weighted by Crippen LogP contribution is -2.43. The molecule has 0 N–H and O–H groups in total. The SMILES string of the molecule is O=C(C1CCSC1)N1CCCC(Br)C1. The van der Waals surface area contributed by atoms with Gasteiger partial charge in [0.05, 0.1) is 0 Å². The number of hydrogen-bond donors (Lipinski definition) is 0. The van der Waals surface area contributed by atoms with Crippen molar-refractivity contribution < 1.29 is 4.79 Å². The fourth-order valence-electron chi connectivity index (χ4n) is 2.11. The smallest absolute Gasteiger partial charge is 0.226 e. The van der Waals surface area contributed by atoms with Gasteiger partial charge in [-0.3, -0.25) is 4.79 Å². The Morgan fingerprint density at radius 2 is 2.29 bits per heavy atom. The molecule has 4 heteroatoms. The molecule has 14 heavy (non-hydrogen) atoms. The van der Waals surface area contributed by atoms with Crippen molar-refractivity contribution in [2.75, 3.05) is 24.6 Å². The second-order valence-electron chi connectivity index (χ2n) is 4.08. The molecule has 80 valence electrons. The van der Waals surface area contributed by atoms with Crippen molar-refractivity contribution in [2.45, 2.75) is 24.1 Å². The summed E-state index contributed by atoms with van der Waals surface area (Å²) < 4.78 is 0. The van der Waals surface area contributed by atoms with Crippen LogP contribution in [0.2, 0.25) is 0 Å². The van der Waals surface area contributed by atoms with Crippen molar-refractivity contribution in [1.29, 1.82) is 0 Å². The van der Waals surface area contributed by atoms with Crippen LogP contribution in [0.15, 0.2) is 0 Å². The van der Waals surface area contributed by atoms with Gasteiger partial charge in [-0.15, -0.1) is 0 Å². The normalized spacial score (nSPS) is 33.4. The number of carbonyl (C=O) groups is 1. The van der Waals surface area contributed by atoms with E-state index in [1.807, 2.05) is 11.8 Å². The van der Waals surface area contributed by atoms with Gasteiger partial charge in [-0.1, -0.05) is 15.9 Å². The molecule has 2 fully saturated rings. The topological polar surface area (TPSA) is 20.3 Å². The molecule has 0 spiro atoms. The highest BCUT2D eigenvalue weighted by Crippen LogP contribution is 2.27. The van der Waals surface area contributed by atoms with Gasteiger partial charge in [0, 0.05) is 29.6 Å². The van der Waals surface area contributed by atoms with Gasteiger partial charge >= 0.3 is 0 Å². The van der Waals surface area contributed by atoms with E-state index in [4.69, 9.17) is 0 Å². The Morgan fingerprint density at radius 3 is 2.93 bits per heavy atom. The number of piperidine rings is 1. The minimum absolute atomic E-state index is 0.317. The number of thioether (sulfide) groups is 1. The average Bonchev–Trinajstić information content (AvgIpc) is 2.69. The second kappa shape index (κ2) is 4.88. The standard InChI is InChI=1S/C10H16BrNOS/c11-9-2-1-4-12(6-9)10(13)8-3-5-14-7-8/h8-9H,1-7H2. The van der Waals surface area contributed by atoms with Crippen molar-refractivity contribution in [3.63, 3.8) is 0 Å². The molecule has 1 amide bonds. The third kappa shape index (κ3) is 2.45. The zero-order valence-electron chi connectivity index (χ0n) is 8.25. The third-order valence-electron chi connectivity index (χ3n) is 2.95. The Labute approximate surface area is 97.9 Å². The molecule has 0 saturated carbocycles. The molecule has 2 aliphatic rings. The number of likely N-dealkylation sites (tertiary alicyclic amines) is 1. The van der Waals surface area contributed by atoms with Crippen molar-refractivity contribution in [1.82, 2.24) is 4.90 Å². The van der Waals surface area contributed by atoms with E-state index in [0.29, 0.717) is 16.7 Å². The minimum atomic E-state index is 0.317. The van der Waals surface area contributed by atoms with Crippen LogP contribution < -0.4 is 0 Å². The lowest BCUT2D eigenvalue weighted by molar-refractivity contribution is -0.135. The van der Waals surface area contributed by atoms with Gasteiger partial charge in [-0.2, -0.15) is 11.8 Å². The molecule has 2 heterocycles. The van der Waals surface area contributed by atoms with Gasteiger partial charge in [-0.25, -0.2) is 0 Å².